The first-order valence-corrected chi connectivity index (χ1v) is 10.4. The number of nitrogens with one attached hydrogen (secondary N) is 3. The SMILES string of the molecule is CN1CCN(CCCNc2ccc(N/C=C3\C(=O)Nc4cc(F)ccc43)cc2)CC1. The third kappa shape index (κ3) is 4.98. The Morgan fingerprint density at radius 3 is 2.57 bits per heavy atom. The van der Waals surface area contributed by atoms with Crippen LogP contribution >= 0.6 is 0 Å². The number of halogens is 1. The molecule has 1 saturated heterocycles. The van der Waals surface area contributed by atoms with Crippen LogP contribution in [0.25, 0.3) is 5.57 Å². The van der Waals surface area contributed by atoms with Crippen molar-refractivity contribution in [2.45, 2.75) is 6.42 Å². The molecule has 1 amide bonds. The van der Waals surface area contributed by atoms with Crippen molar-refractivity contribution >= 4 is 28.5 Å². The van der Waals surface area contributed by atoms with E-state index in [9.17, 15) is 9.18 Å². The number of benzene rings is 2. The maximum atomic E-state index is 13.3. The van der Waals surface area contributed by atoms with E-state index < -0.39 is 0 Å². The minimum Gasteiger partial charge on any atom is -0.385 e. The second-order valence-electron chi connectivity index (χ2n) is 7.85. The van der Waals surface area contributed by atoms with Crippen molar-refractivity contribution in [3.05, 3.63) is 60.0 Å². The van der Waals surface area contributed by atoms with Crippen molar-refractivity contribution in [2.75, 3.05) is 62.3 Å². The van der Waals surface area contributed by atoms with Gasteiger partial charge in [0.1, 0.15) is 5.82 Å². The fraction of sp³-hybridized carbons (Fsp3) is 0.348. The van der Waals surface area contributed by atoms with E-state index in [1.807, 2.05) is 24.3 Å². The van der Waals surface area contributed by atoms with Gasteiger partial charge < -0.3 is 25.8 Å². The maximum absolute atomic E-state index is 13.3. The number of carbonyl (C=O) groups is 1. The standard InChI is InChI=1S/C23H28FN5O/c1-28-11-13-29(14-12-28)10-2-9-25-18-4-6-19(7-5-18)26-16-21-20-8-3-17(24)15-22(20)27-23(21)30/h3-8,15-16,25-26H,2,9-14H2,1H3,(H,27,30)/b21-16-. The van der Waals surface area contributed by atoms with Crippen LogP contribution in [0.4, 0.5) is 21.5 Å². The van der Waals surface area contributed by atoms with Gasteiger partial charge in [0, 0.05) is 55.9 Å². The highest BCUT2D eigenvalue weighted by molar-refractivity contribution is 6.31. The molecule has 1 fully saturated rings. The highest BCUT2D eigenvalue weighted by Crippen LogP contribution is 2.32. The molecule has 0 aromatic heterocycles. The van der Waals surface area contributed by atoms with E-state index in [0.29, 0.717) is 16.8 Å². The first kappa shape index (κ1) is 20.4. The summed E-state index contributed by atoms with van der Waals surface area (Å²) in [7, 11) is 2.18. The van der Waals surface area contributed by atoms with Crippen LogP contribution in [0.2, 0.25) is 0 Å². The van der Waals surface area contributed by atoms with Gasteiger partial charge in [-0.25, -0.2) is 4.39 Å². The molecule has 7 heteroatoms. The lowest BCUT2D eigenvalue weighted by Gasteiger charge is -2.32. The molecule has 3 N–H and O–H groups in total. The number of amides is 1. The number of fused-ring (bicyclic) bond motifs is 1. The van der Waals surface area contributed by atoms with Gasteiger partial charge in [0.05, 0.1) is 11.3 Å². The van der Waals surface area contributed by atoms with E-state index in [0.717, 1.165) is 57.1 Å². The second-order valence-corrected chi connectivity index (χ2v) is 7.85. The number of carbonyl (C=O) groups excluding carboxylic acids is 1. The number of nitrogens with zero attached hydrogens (tertiary/aromatic N) is 2. The molecule has 0 saturated carbocycles. The zero-order valence-corrected chi connectivity index (χ0v) is 17.2. The van der Waals surface area contributed by atoms with Crippen molar-refractivity contribution in [1.29, 1.82) is 0 Å². The summed E-state index contributed by atoms with van der Waals surface area (Å²) in [5.41, 5.74) is 3.66. The summed E-state index contributed by atoms with van der Waals surface area (Å²) in [5.74, 6) is -0.600. The number of hydrogen-bond donors (Lipinski definition) is 3. The van der Waals surface area contributed by atoms with Crippen LogP contribution in [0.3, 0.4) is 0 Å². The lowest BCUT2D eigenvalue weighted by Crippen LogP contribution is -2.44. The maximum Gasteiger partial charge on any atom is 0.257 e. The largest absolute Gasteiger partial charge is 0.385 e. The van der Waals surface area contributed by atoms with E-state index in [4.69, 9.17) is 0 Å². The van der Waals surface area contributed by atoms with Gasteiger partial charge in [-0.15, -0.1) is 0 Å². The van der Waals surface area contributed by atoms with Crippen LogP contribution in [0, 0.1) is 5.82 Å². The predicted octanol–water partition coefficient (Wildman–Crippen LogP) is 3.28. The molecule has 4 rings (SSSR count). The highest BCUT2D eigenvalue weighted by Gasteiger charge is 2.24. The quantitative estimate of drug-likeness (QED) is 0.484. The lowest BCUT2D eigenvalue weighted by atomic mass is 10.1. The third-order valence-electron chi connectivity index (χ3n) is 5.61. The Balaban J connectivity index is 1.25. The van der Waals surface area contributed by atoms with Crippen LogP contribution in [0.5, 0.6) is 0 Å². The van der Waals surface area contributed by atoms with Crippen LogP contribution in [-0.2, 0) is 4.79 Å². The van der Waals surface area contributed by atoms with Crippen molar-refractivity contribution < 1.29 is 9.18 Å². The molecule has 2 aromatic rings. The summed E-state index contributed by atoms with van der Waals surface area (Å²) in [4.78, 5) is 17.0. The number of rotatable bonds is 7. The molecule has 2 aromatic carbocycles. The average molecular weight is 410 g/mol. The molecule has 2 heterocycles. The average Bonchev–Trinajstić information content (AvgIpc) is 3.06. The molecule has 2 aliphatic rings. The van der Waals surface area contributed by atoms with E-state index >= 15 is 0 Å². The number of hydrogen-bond acceptors (Lipinski definition) is 5. The molecule has 0 radical (unpaired) electrons. The second kappa shape index (κ2) is 9.28. The van der Waals surface area contributed by atoms with Gasteiger partial charge in [-0.05, 0) is 62.5 Å². The number of anilines is 3. The lowest BCUT2D eigenvalue weighted by molar-refractivity contribution is -0.110. The normalized spacial score (nSPS) is 18.3. The fourth-order valence-electron chi connectivity index (χ4n) is 3.76. The Hall–Kier alpha value is -2.90. The van der Waals surface area contributed by atoms with E-state index in [1.54, 1.807) is 12.3 Å². The zero-order valence-electron chi connectivity index (χ0n) is 17.2. The molecule has 158 valence electrons. The minimum absolute atomic E-state index is 0.235. The minimum atomic E-state index is -0.366. The monoisotopic (exact) mass is 409 g/mol. The van der Waals surface area contributed by atoms with Gasteiger partial charge in [-0.2, -0.15) is 0 Å². The fourth-order valence-corrected chi connectivity index (χ4v) is 3.76. The van der Waals surface area contributed by atoms with Crippen molar-refractivity contribution in [1.82, 2.24) is 9.80 Å². The molecular formula is C23H28FN5O. The summed E-state index contributed by atoms with van der Waals surface area (Å²) in [6.45, 7) is 6.69. The Labute approximate surface area is 176 Å². The van der Waals surface area contributed by atoms with Gasteiger partial charge >= 0.3 is 0 Å². The van der Waals surface area contributed by atoms with Gasteiger partial charge in [0.25, 0.3) is 5.91 Å². The summed E-state index contributed by atoms with van der Waals surface area (Å²) in [5, 5.41) is 9.31. The van der Waals surface area contributed by atoms with E-state index in [2.05, 4.69) is 32.8 Å². The predicted molar refractivity (Wildman–Crippen MR) is 120 cm³/mol. The first-order chi connectivity index (χ1) is 14.6. The molecule has 0 aliphatic carbocycles. The van der Waals surface area contributed by atoms with Crippen LogP contribution in [-0.4, -0.2) is 62.0 Å². The van der Waals surface area contributed by atoms with Crippen LogP contribution in [0.15, 0.2) is 48.7 Å². The van der Waals surface area contributed by atoms with Gasteiger partial charge in [0.2, 0.25) is 0 Å². The Kier molecular flexibility index (Phi) is 6.30. The molecule has 0 spiro atoms. The van der Waals surface area contributed by atoms with Gasteiger partial charge in [-0.1, -0.05) is 0 Å². The topological polar surface area (TPSA) is 59.6 Å². The first-order valence-electron chi connectivity index (χ1n) is 10.4. The van der Waals surface area contributed by atoms with E-state index in [1.165, 1.54) is 12.1 Å². The summed E-state index contributed by atoms with van der Waals surface area (Å²) < 4.78 is 13.3. The van der Waals surface area contributed by atoms with Crippen molar-refractivity contribution in [2.24, 2.45) is 0 Å². The molecular weight excluding hydrogens is 381 g/mol. The highest BCUT2D eigenvalue weighted by atomic mass is 19.1. The Morgan fingerprint density at radius 1 is 1.07 bits per heavy atom. The van der Waals surface area contributed by atoms with Crippen LogP contribution < -0.4 is 16.0 Å². The van der Waals surface area contributed by atoms with Crippen molar-refractivity contribution in [3.8, 4) is 0 Å². The smallest absolute Gasteiger partial charge is 0.257 e. The molecule has 30 heavy (non-hydrogen) atoms. The molecule has 0 bridgehead atoms. The van der Waals surface area contributed by atoms with Gasteiger partial charge in [0.15, 0.2) is 0 Å². The van der Waals surface area contributed by atoms with Crippen LogP contribution in [0.1, 0.15) is 12.0 Å². The summed E-state index contributed by atoms with van der Waals surface area (Å²) in [6, 6.07) is 12.3. The molecule has 2 aliphatic heterocycles. The molecule has 0 atom stereocenters. The number of likely N-dealkylation sites (N-methyl/N-ethyl adjacent to an activating group) is 1. The van der Waals surface area contributed by atoms with E-state index in [-0.39, 0.29) is 11.7 Å². The summed E-state index contributed by atoms with van der Waals surface area (Å²) in [6.07, 6.45) is 2.78. The zero-order chi connectivity index (χ0) is 20.9. The van der Waals surface area contributed by atoms with Crippen molar-refractivity contribution in [3.63, 3.8) is 0 Å². The van der Waals surface area contributed by atoms with Gasteiger partial charge in [-0.3, -0.25) is 4.79 Å². The molecule has 6 nitrogen and oxygen atoms in total. The third-order valence-corrected chi connectivity index (χ3v) is 5.61. The number of piperazine rings is 1. The summed E-state index contributed by atoms with van der Waals surface area (Å²) >= 11 is 0. The molecule has 0 unspecified atom stereocenters. The Bertz CT molecular complexity index is 920. The Morgan fingerprint density at radius 2 is 1.80 bits per heavy atom.